The highest BCUT2D eigenvalue weighted by Gasteiger charge is 2.27. The van der Waals surface area contributed by atoms with E-state index in [4.69, 9.17) is 9.97 Å². The van der Waals surface area contributed by atoms with E-state index >= 15 is 0 Å². The van der Waals surface area contributed by atoms with Crippen LogP contribution in [0.5, 0.6) is 0 Å². The van der Waals surface area contributed by atoms with Gasteiger partial charge in [0, 0.05) is 47.2 Å². The van der Waals surface area contributed by atoms with Gasteiger partial charge in [-0.3, -0.25) is 0 Å². The van der Waals surface area contributed by atoms with Crippen molar-refractivity contribution >= 4 is 23.1 Å². The largest absolute Gasteiger partial charge is 0.365 e. The molecule has 2 saturated heterocycles. The number of thiophene rings is 1. The molecule has 0 spiro atoms. The van der Waals surface area contributed by atoms with Gasteiger partial charge in [-0.25, -0.2) is 13.8 Å². The summed E-state index contributed by atoms with van der Waals surface area (Å²) in [6.07, 6.45) is 8.03. The van der Waals surface area contributed by atoms with E-state index in [0.717, 1.165) is 36.4 Å². The summed E-state index contributed by atoms with van der Waals surface area (Å²) in [7, 11) is 0. The van der Waals surface area contributed by atoms with Crippen LogP contribution in [0.25, 0.3) is 10.4 Å². The Morgan fingerprint density at radius 3 is 2.41 bits per heavy atom. The third kappa shape index (κ3) is 5.08. The van der Waals surface area contributed by atoms with Gasteiger partial charge in [0.15, 0.2) is 0 Å². The van der Waals surface area contributed by atoms with Crippen molar-refractivity contribution < 1.29 is 8.78 Å². The molecule has 2 aliphatic heterocycles. The van der Waals surface area contributed by atoms with Gasteiger partial charge in [-0.15, -0.1) is 11.3 Å². The lowest BCUT2D eigenvalue weighted by molar-refractivity contribution is 0.141. The van der Waals surface area contributed by atoms with Crippen LogP contribution >= 0.6 is 11.3 Å². The maximum atomic E-state index is 14.2. The molecule has 2 aromatic heterocycles. The average molecular weight is 484 g/mol. The zero-order chi connectivity index (χ0) is 23.5. The molecule has 5 nitrogen and oxygen atoms in total. The van der Waals surface area contributed by atoms with Crippen LogP contribution in [0, 0.1) is 18.6 Å². The summed E-state index contributed by atoms with van der Waals surface area (Å²) < 4.78 is 28.4. The first kappa shape index (κ1) is 23.2. The molecule has 2 fully saturated rings. The number of hydrogen-bond donors (Lipinski definition) is 1. The molecule has 3 aromatic rings. The molecule has 2 aliphatic rings. The summed E-state index contributed by atoms with van der Waals surface area (Å²) in [6, 6.07) is 8.68. The smallest absolute Gasteiger partial charge is 0.227 e. The maximum Gasteiger partial charge on any atom is 0.227 e. The molecular formula is C26H31F2N5S. The second kappa shape index (κ2) is 10.4. The van der Waals surface area contributed by atoms with Crippen molar-refractivity contribution in [3.63, 3.8) is 0 Å². The van der Waals surface area contributed by atoms with E-state index in [1.807, 2.05) is 12.3 Å². The Balaban J connectivity index is 1.35. The summed E-state index contributed by atoms with van der Waals surface area (Å²) >= 11 is 1.65. The summed E-state index contributed by atoms with van der Waals surface area (Å²) in [5, 5.41) is 3.20. The number of halogens is 2. The fourth-order valence-electron chi connectivity index (χ4n) is 5.01. The van der Waals surface area contributed by atoms with Crippen LogP contribution in [0.15, 0.2) is 36.5 Å². The van der Waals surface area contributed by atoms with Crippen molar-refractivity contribution in [2.24, 2.45) is 0 Å². The summed E-state index contributed by atoms with van der Waals surface area (Å²) in [5.74, 6) is 0.156. The number of rotatable bonds is 6. The fraction of sp³-hybridized carbons (Fsp3) is 0.462. The van der Waals surface area contributed by atoms with Crippen LogP contribution in [0.4, 0.5) is 20.5 Å². The summed E-state index contributed by atoms with van der Waals surface area (Å²) in [6.45, 7) is 6.34. The van der Waals surface area contributed by atoms with Crippen LogP contribution in [0.1, 0.15) is 42.5 Å². The van der Waals surface area contributed by atoms with E-state index in [-0.39, 0.29) is 12.1 Å². The van der Waals surface area contributed by atoms with E-state index in [0.29, 0.717) is 17.8 Å². The highest BCUT2D eigenvalue weighted by atomic mass is 32.1. The molecule has 1 aromatic carbocycles. The Hall–Kier alpha value is -2.58. The lowest BCUT2D eigenvalue weighted by atomic mass is 10.00. The quantitative estimate of drug-likeness (QED) is 0.476. The summed E-state index contributed by atoms with van der Waals surface area (Å²) in [4.78, 5) is 16.6. The predicted molar refractivity (Wildman–Crippen MR) is 134 cm³/mol. The van der Waals surface area contributed by atoms with Crippen molar-refractivity contribution in [2.45, 2.75) is 51.6 Å². The first-order valence-electron chi connectivity index (χ1n) is 12.2. The zero-order valence-electron chi connectivity index (χ0n) is 19.6. The van der Waals surface area contributed by atoms with Crippen molar-refractivity contribution in [1.29, 1.82) is 0 Å². The number of nitrogens with zero attached hydrogens (tertiary/aromatic N) is 4. The van der Waals surface area contributed by atoms with Crippen molar-refractivity contribution in [3.05, 3.63) is 58.6 Å². The van der Waals surface area contributed by atoms with E-state index in [9.17, 15) is 8.78 Å². The monoisotopic (exact) mass is 483 g/mol. The molecule has 5 rings (SSSR count). The van der Waals surface area contributed by atoms with Crippen molar-refractivity contribution in [2.75, 3.05) is 36.4 Å². The number of anilines is 2. The SMILES string of the molecule is Cc1ccc(-c2cnc(N3CCC(N4CCCCC4)CC3)nc2NCc2c(F)cccc2F)s1. The van der Waals surface area contributed by atoms with Crippen LogP contribution in [-0.2, 0) is 6.54 Å². The molecule has 4 heterocycles. The van der Waals surface area contributed by atoms with Gasteiger partial charge in [0.1, 0.15) is 17.5 Å². The number of benzene rings is 1. The number of aromatic nitrogens is 2. The van der Waals surface area contributed by atoms with Gasteiger partial charge in [0.25, 0.3) is 0 Å². The normalized spacial score (nSPS) is 17.8. The number of aryl methyl sites for hydroxylation is 1. The highest BCUT2D eigenvalue weighted by molar-refractivity contribution is 7.15. The van der Waals surface area contributed by atoms with E-state index in [1.54, 1.807) is 11.3 Å². The molecule has 0 unspecified atom stereocenters. The Morgan fingerprint density at radius 1 is 1.00 bits per heavy atom. The molecule has 0 bridgehead atoms. The third-order valence-electron chi connectivity index (χ3n) is 6.93. The second-order valence-electron chi connectivity index (χ2n) is 9.21. The fourth-order valence-corrected chi connectivity index (χ4v) is 5.89. The van der Waals surface area contributed by atoms with Crippen LogP contribution in [0.3, 0.4) is 0 Å². The highest BCUT2D eigenvalue weighted by Crippen LogP contribution is 2.34. The van der Waals surface area contributed by atoms with Gasteiger partial charge in [0.05, 0.1) is 5.56 Å². The molecule has 180 valence electrons. The number of nitrogens with one attached hydrogen (secondary N) is 1. The molecule has 0 aliphatic carbocycles. The molecule has 0 atom stereocenters. The molecular weight excluding hydrogens is 452 g/mol. The van der Waals surface area contributed by atoms with Gasteiger partial charge in [-0.1, -0.05) is 12.5 Å². The standard InChI is InChI=1S/C26H31F2N5S/c1-18-8-9-24(34-18)21-17-30-26(31-25(21)29-16-20-22(27)6-5-7-23(20)28)33-14-10-19(11-15-33)32-12-3-2-4-13-32/h5-9,17,19H,2-4,10-16H2,1H3,(H,29,30,31). The zero-order valence-corrected chi connectivity index (χ0v) is 20.4. The minimum Gasteiger partial charge on any atom is -0.365 e. The van der Waals surface area contributed by atoms with Crippen molar-refractivity contribution in [1.82, 2.24) is 14.9 Å². The third-order valence-corrected chi connectivity index (χ3v) is 7.96. The van der Waals surface area contributed by atoms with Crippen LogP contribution in [-0.4, -0.2) is 47.1 Å². The molecule has 34 heavy (non-hydrogen) atoms. The summed E-state index contributed by atoms with van der Waals surface area (Å²) in [5.41, 5.74) is 0.861. The topological polar surface area (TPSA) is 44.3 Å². The van der Waals surface area contributed by atoms with Crippen molar-refractivity contribution in [3.8, 4) is 10.4 Å². The van der Waals surface area contributed by atoms with Gasteiger partial charge < -0.3 is 15.1 Å². The minimum atomic E-state index is -0.560. The number of piperidine rings is 2. The molecule has 8 heteroatoms. The second-order valence-corrected chi connectivity index (χ2v) is 10.5. The molecule has 1 N–H and O–H groups in total. The molecule has 0 saturated carbocycles. The Morgan fingerprint density at radius 2 is 1.74 bits per heavy atom. The average Bonchev–Trinajstić information content (AvgIpc) is 3.30. The minimum absolute atomic E-state index is 0.0123. The Labute approximate surface area is 203 Å². The maximum absolute atomic E-state index is 14.2. The van der Waals surface area contributed by atoms with Gasteiger partial charge >= 0.3 is 0 Å². The van der Waals surface area contributed by atoms with Crippen LogP contribution < -0.4 is 10.2 Å². The molecule has 0 amide bonds. The van der Waals surface area contributed by atoms with E-state index < -0.39 is 11.6 Å². The van der Waals surface area contributed by atoms with Gasteiger partial charge in [0.2, 0.25) is 5.95 Å². The van der Waals surface area contributed by atoms with E-state index in [2.05, 4.69) is 28.1 Å². The van der Waals surface area contributed by atoms with Gasteiger partial charge in [-0.2, -0.15) is 4.98 Å². The lowest BCUT2D eigenvalue weighted by Crippen LogP contribution is -2.47. The first-order valence-corrected chi connectivity index (χ1v) is 13.0. The van der Waals surface area contributed by atoms with E-state index in [1.165, 1.54) is 55.4 Å². The van der Waals surface area contributed by atoms with Crippen LogP contribution in [0.2, 0.25) is 0 Å². The molecule has 0 radical (unpaired) electrons. The Kier molecular flexibility index (Phi) is 7.06. The van der Waals surface area contributed by atoms with Gasteiger partial charge in [-0.05, 0) is 70.0 Å². The predicted octanol–water partition coefficient (Wildman–Crippen LogP) is 5.86. The Bertz CT molecular complexity index is 1100. The lowest BCUT2D eigenvalue weighted by Gasteiger charge is -2.40. The number of likely N-dealkylation sites (tertiary alicyclic amines) is 1. The first-order chi connectivity index (χ1) is 16.6. The number of hydrogen-bond acceptors (Lipinski definition) is 6.